The van der Waals surface area contributed by atoms with Gasteiger partial charge in [0.05, 0.1) is 18.4 Å². The van der Waals surface area contributed by atoms with Crippen LogP contribution in [0.2, 0.25) is 0 Å². The average molecular weight is 329 g/mol. The highest BCUT2D eigenvalue weighted by Crippen LogP contribution is 2.23. The lowest BCUT2D eigenvalue weighted by Gasteiger charge is -2.19. The van der Waals surface area contributed by atoms with Crippen LogP contribution in [0.3, 0.4) is 0 Å². The van der Waals surface area contributed by atoms with Crippen molar-refractivity contribution in [2.24, 2.45) is 0 Å². The van der Waals surface area contributed by atoms with Crippen molar-refractivity contribution in [3.8, 4) is 0 Å². The molecule has 0 saturated carbocycles. The van der Waals surface area contributed by atoms with Gasteiger partial charge < -0.3 is 5.32 Å². The highest BCUT2D eigenvalue weighted by Gasteiger charge is 2.10. The van der Waals surface area contributed by atoms with E-state index in [4.69, 9.17) is 0 Å². The van der Waals surface area contributed by atoms with Gasteiger partial charge in [-0.2, -0.15) is 0 Å². The molecule has 0 aliphatic carbocycles. The summed E-state index contributed by atoms with van der Waals surface area (Å²) in [7, 11) is 0. The fourth-order valence-corrected chi connectivity index (χ4v) is 2.91. The Bertz CT molecular complexity index is 512. The molecule has 0 unspecified atom stereocenters. The molecule has 0 saturated heterocycles. The number of halogens is 1. The summed E-state index contributed by atoms with van der Waals surface area (Å²) < 4.78 is 3.01. The first-order valence-electron chi connectivity index (χ1n) is 5.80. The van der Waals surface area contributed by atoms with Crippen molar-refractivity contribution in [3.05, 3.63) is 32.7 Å². The summed E-state index contributed by atoms with van der Waals surface area (Å²) in [4.78, 5) is 1.26. The van der Waals surface area contributed by atoms with Crippen LogP contribution in [0.25, 0.3) is 0 Å². The van der Waals surface area contributed by atoms with Crippen molar-refractivity contribution >= 4 is 27.3 Å². The van der Waals surface area contributed by atoms with Crippen LogP contribution >= 0.6 is 27.3 Å². The second-order valence-corrected chi connectivity index (χ2v) is 7.06. The number of aromatic nitrogens is 3. The molecule has 0 bridgehead atoms. The summed E-state index contributed by atoms with van der Waals surface area (Å²) in [5.41, 5.74) is 1.07. The number of hydrogen-bond acceptors (Lipinski definition) is 4. The van der Waals surface area contributed by atoms with E-state index in [0.717, 1.165) is 23.3 Å². The molecule has 0 fully saturated rings. The minimum Gasteiger partial charge on any atom is -0.306 e. The molecule has 2 rings (SSSR count). The molecule has 4 nitrogen and oxygen atoms in total. The minimum absolute atomic E-state index is 0.0978. The van der Waals surface area contributed by atoms with Crippen molar-refractivity contribution in [1.29, 1.82) is 0 Å². The van der Waals surface area contributed by atoms with Gasteiger partial charge in [-0.15, -0.1) is 16.4 Å². The number of thiophene rings is 1. The smallest absolute Gasteiger partial charge is 0.0965 e. The molecular formula is C12H17BrN4S. The number of rotatable bonds is 4. The summed E-state index contributed by atoms with van der Waals surface area (Å²) in [5, 5.41) is 13.8. The van der Waals surface area contributed by atoms with E-state index in [9.17, 15) is 0 Å². The van der Waals surface area contributed by atoms with Gasteiger partial charge in [0, 0.05) is 21.4 Å². The molecule has 0 aliphatic rings. The van der Waals surface area contributed by atoms with Gasteiger partial charge in [0.15, 0.2) is 0 Å². The molecule has 98 valence electrons. The van der Waals surface area contributed by atoms with Crippen molar-refractivity contribution in [2.75, 3.05) is 0 Å². The molecule has 0 spiro atoms. The van der Waals surface area contributed by atoms with Crippen LogP contribution in [-0.2, 0) is 13.1 Å². The second-order valence-electron chi connectivity index (χ2n) is 5.20. The molecule has 6 heteroatoms. The Labute approximate surface area is 120 Å². The zero-order valence-corrected chi connectivity index (χ0v) is 13.2. The number of nitrogens with zero attached hydrogens (tertiary/aromatic N) is 3. The highest BCUT2D eigenvalue weighted by atomic mass is 79.9. The largest absolute Gasteiger partial charge is 0.306 e. The van der Waals surface area contributed by atoms with Crippen LogP contribution in [0.5, 0.6) is 0 Å². The van der Waals surface area contributed by atoms with Crippen molar-refractivity contribution < 1.29 is 0 Å². The van der Waals surface area contributed by atoms with Crippen molar-refractivity contribution in [1.82, 2.24) is 20.3 Å². The normalized spacial score (nSPS) is 12.0. The number of nitrogens with one attached hydrogen (secondary N) is 1. The minimum atomic E-state index is 0.0978. The van der Waals surface area contributed by atoms with Crippen LogP contribution in [0.4, 0.5) is 0 Å². The SMILES string of the molecule is CC(C)(C)NCc1cn(Cc2sccc2Br)nn1. The second kappa shape index (κ2) is 5.50. The molecule has 0 amide bonds. The average Bonchev–Trinajstić information content (AvgIpc) is 2.86. The van der Waals surface area contributed by atoms with Gasteiger partial charge in [0.1, 0.15) is 0 Å². The molecule has 0 aliphatic heterocycles. The first kappa shape index (κ1) is 13.7. The molecule has 2 aromatic heterocycles. The van der Waals surface area contributed by atoms with Gasteiger partial charge in [-0.1, -0.05) is 5.21 Å². The third kappa shape index (κ3) is 3.90. The zero-order chi connectivity index (χ0) is 13.2. The summed E-state index contributed by atoms with van der Waals surface area (Å²) in [6.07, 6.45) is 1.99. The van der Waals surface area contributed by atoms with Crippen LogP contribution in [-0.4, -0.2) is 20.5 Å². The summed E-state index contributed by atoms with van der Waals surface area (Å²) in [6, 6.07) is 2.05. The lowest BCUT2D eigenvalue weighted by atomic mass is 10.1. The third-order valence-corrected chi connectivity index (χ3v) is 4.29. The van der Waals surface area contributed by atoms with E-state index in [-0.39, 0.29) is 5.54 Å². The van der Waals surface area contributed by atoms with E-state index in [0.29, 0.717) is 0 Å². The lowest BCUT2D eigenvalue weighted by Crippen LogP contribution is -2.35. The topological polar surface area (TPSA) is 42.7 Å². The molecule has 0 radical (unpaired) electrons. The van der Waals surface area contributed by atoms with Gasteiger partial charge in [0.25, 0.3) is 0 Å². The molecule has 0 atom stereocenters. The van der Waals surface area contributed by atoms with Gasteiger partial charge in [-0.3, -0.25) is 0 Å². The Morgan fingerprint density at radius 3 is 2.83 bits per heavy atom. The fourth-order valence-electron chi connectivity index (χ4n) is 1.44. The first-order valence-corrected chi connectivity index (χ1v) is 7.47. The van der Waals surface area contributed by atoms with Gasteiger partial charge in [0.2, 0.25) is 0 Å². The summed E-state index contributed by atoms with van der Waals surface area (Å²) in [6.45, 7) is 7.93. The Morgan fingerprint density at radius 2 is 2.22 bits per heavy atom. The zero-order valence-electron chi connectivity index (χ0n) is 10.8. The Balaban J connectivity index is 1.96. The van der Waals surface area contributed by atoms with Crippen molar-refractivity contribution in [2.45, 2.75) is 39.4 Å². The van der Waals surface area contributed by atoms with Crippen LogP contribution < -0.4 is 5.32 Å². The molecule has 2 heterocycles. The number of hydrogen-bond donors (Lipinski definition) is 1. The van der Waals surface area contributed by atoms with Gasteiger partial charge in [-0.25, -0.2) is 4.68 Å². The summed E-state index contributed by atoms with van der Waals surface area (Å²) >= 11 is 5.24. The van der Waals surface area contributed by atoms with E-state index >= 15 is 0 Å². The van der Waals surface area contributed by atoms with E-state index in [1.54, 1.807) is 11.3 Å². The Morgan fingerprint density at radius 1 is 1.44 bits per heavy atom. The summed E-state index contributed by atoms with van der Waals surface area (Å²) in [5.74, 6) is 0. The Kier molecular flexibility index (Phi) is 4.19. The lowest BCUT2D eigenvalue weighted by molar-refractivity contribution is 0.421. The fraction of sp³-hybridized carbons (Fsp3) is 0.500. The molecule has 1 N–H and O–H groups in total. The Hall–Kier alpha value is -0.720. The predicted molar refractivity (Wildman–Crippen MR) is 77.7 cm³/mol. The van der Waals surface area contributed by atoms with E-state index in [1.165, 1.54) is 4.88 Å². The monoisotopic (exact) mass is 328 g/mol. The van der Waals surface area contributed by atoms with Gasteiger partial charge in [-0.05, 0) is 48.1 Å². The maximum absolute atomic E-state index is 4.17. The van der Waals surface area contributed by atoms with E-state index in [1.807, 2.05) is 10.9 Å². The quantitative estimate of drug-likeness (QED) is 0.938. The van der Waals surface area contributed by atoms with Crippen molar-refractivity contribution in [3.63, 3.8) is 0 Å². The van der Waals surface area contributed by atoms with Crippen LogP contribution in [0.15, 0.2) is 22.1 Å². The van der Waals surface area contributed by atoms with Crippen LogP contribution in [0, 0.1) is 0 Å². The molecule has 2 aromatic rings. The standard InChI is InChI=1S/C12H17BrN4S/c1-12(2,3)14-6-9-7-17(16-15-9)8-11-10(13)4-5-18-11/h4-5,7,14H,6,8H2,1-3H3. The van der Waals surface area contributed by atoms with Crippen LogP contribution in [0.1, 0.15) is 31.3 Å². The molecule has 18 heavy (non-hydrogen) atoms. The molecule has 0 aromatic carbocycles. The third-order valence-electron chi connectivity index (χ3n) is 2.38. The van der Waals surface area contributed by atoms with Gasteiger partial charge >= 0.3 is 0 Å². The maximum atomic E-state index is 4.17. The van der Waals surface area contributed by atoms with E-state index in [2.05, 4.69) is 63.8 Å². The maximum Gasteiger partial charge on any atom is 0.0965 e. The van der Waals surface area contributed by atoms with E-state index < -0.39 is 0 Å². The first-order chi connectivity index (χ1) is 8.44. The predicted octanol–water partition coefficient (Wildman–Crippen LogP) is 3.04. The molecular weight excluding hydrogens is 312 g/mol. The highest BCUT2D eigenvalue weighted by molar-refractivity contribution is 9.10.